The van der Waals surface area contributed by atoms with Gasteiger partial charge in [-0.1, -0.05) is 92.1 Å². The lowest BCUT2D eigenvalue weighted by atomic mass is 9.95. The van der Waals surface area contributed by atoms with Crippen LogP contribution in [0, 0.1) is 23.7 Å². The molecule has 17 atom stereocenters. The van der Waals surface area contributed by atoms with Crippen LogP contribution in [0.1, 0.15) is 177 Å². The molecule has 0 spiro atoms. The maximum absolute atomic E-state index is 14.6. The summed E-state index contributed by atoms with van der Waals surface area (Å²) in [4.78, 5) is 312. The highest BCUT2D eigenvalue weighted by atomic mass is 32.2. The van der Waals surface area contributed by atoms with Crippen LogP contribution in [-0.2, 0) is 117 Å². The van der Waals surface area contributed by atoms with E-state index in [1.54, 1.807) is 64.3 Å². The van der Waals surface area contributed by atoms with Crippen molar-refractivity contribution in [2.45, 2.75) is 275 Å². The van der Waals surface area contributed by atoms with E-state index < -0.39 is 322 Å². The molecule has 19 amide bonds. The maximum Gasteiger partial charge on any atom is 0.328 e. The standard InChI is InChI=1S/C88H139N21O29S/c1-11-48(8)72(84(133)105-70(46(4)5)82(131)94-41-64(113)96-54(27-29-68(118)119)76(125)100-53(26-28-67(116)117)75(124)92-42-66(115)104-71(47(6)7)83(132)101-56(36-45(2)3)78(127)103-59(44-111)88(137)138)106-79(128)57(37-50-20-13-12-14-21-50)98-65(114)40-93-80(129)60-23-17-33-108(60)87(136)62-25-19-34-109(62)86(135)58(43-110)102-77(126)55(30-35-139-10)97-63(112)39-91-74(123)52(22-15-16-31-89)99-73(122)49(9)95-81(130)61-24-18-32-107(61)85(134)51(90)38-69(120)121/h12-14,20-21,45-49,51-62,70-72,110-111H,11,15-19,22-44,89-90H2,1-10H3,(H,91,123)(H,92,124)(H,93,129)(H,94,131)(H,95,130)(H,96,113)(H,97,112)(H,98,114)(H,99,122)(H,100,125)(H,101,132)(H,102,126)(H,103,127)(H,104,115)(H,105,133)(H,106,128)(H,116,117)(H,118,119)(H,120,121)(H,137,138)/t48-,49-,51-,52-,53-,54-,55-,56-,57-,58-,59-,60-,61-,62-,70-,71-,72-/m0/s1. The average molecular weight is 1990 g/mol. The summed E-state index contributed by atoms with van der Waals surface area (Å²) in [5, 5.41) is 96.8. The van der Waals surface area contributed by atoms with Gasteiger partial charge in [-0.3, -0.25) is 105 Å². The smallest absolute Gasteiger partial charge is 0.328 e. The predicted molar refractivity (Wildman–Crippen MR) is 495 cm³/mol. The molecule has 26 N–H and O–H groups in total. The first-order valence-corrected chi connectivity index (χ1v) is 47.7. The molecule has 3 fully saturated rings. The van der Waals surface area contributed by atoms with E-state index in [-0.39, 0.29) is 95.6 Å². The number of aliphatic hydroxyl groups excluding tert-OH is 2. The van der Waals surface area contributed by atoms with E-state index in [4.69, 9.17) is 16.6 Å². The van der Waals surface area contributed by atoms with Crippen molar-refractivity contribution in [2.75, 3.05) is 77.6 Å². The second kappa shape index (κ2) is 60.2. The zero-order chi connectivity index (χ0) is 104. The van der Waals surface area contributed by atoms with Crippen molar-refractivity contribution >= 4 is 148 Å². The quantitative estimate of drug-likeness (QED) is 0.0269. The summed E-state index contributed by atoms with van der Waals surface area (Å²) in [5.74, 6) is -25.0. The van der Waals surface area contributed by atoms with Gasteiger partial charge >= 0.3 is 23.9 Å². The average Bonchev–Trinajstić information content (AvgIpc) is 1.65. The minimum absolute atomic E-state index is 0.00286. The Labute approximate surface area is 808 Å². The summed E-state index contributed by atoms with van der Waals surface area (Å²) in [6, 6.07) is -14.4. The second-order valence-electron chi connectivity index (χ2n) is 35.4. The Morgan fingerprint density at radius 2 is 0.842 bits per heavy atom. The second-order valence-corrected chi connectivity index (χ2v) is 36.4. The Kier molecular flexibility index (Phi) is 51.3. The number of aliphatic carboxylic acids is 4. The summed E-state index contributed by atoms with van der Waals surface area (Å²) in [7, 11) is 0. The van der Waals surface area contributed by atoms with E-state index in [1.807, 2.05) is 0 Å². The molecule has 51 heteroatoms. The van der Waals surface area contributed by atoms with Crippen LogP contribution in [0.25, 0.3) is 0 Å². The first-order valence-electron chi connectivity index (χ1n) is 46.3. The van der Waals surface area contributed by atoms with Crippen molar-refractivity contribution in [1.29, 1.82) is 0 Å². The number of hydrogen-bond acceptors (Lipinski definition) is 28. The number of amides is 19. The van der Waals surface area contributed by atoms with E-state index in [1.165, 1.54) is 51.3 Å². The zero-order valence-corrected chi connectivity index (χ0v) is 80.7. The molecule has 50 nitrogen and oxygen atoms in total. The Bertz CT molecular complexity index is 4460. The predicted octanol–water partition coefficient (Wildman–Crippen LogP) is -7.61. The molecule has 3 heterocycles. The Balaban J connectivity index is 1.40. The highest BCUT2D eigenvalue weighted by Crippen LogP contribution is 2.27. The number of likely N-dealkylation sites (tertiary alicyclic amines) is 3. The largest absolute Gasteiger partial charge is 0.481 e. The van der Waals surface area contributed by atoms with Crippen LogP contribution < -0.4 is 96.5 Å². The van der Waals surface area contributed by atoms with Crippen LogP contribution in [0.3, 0.4) is 0 Å². The van der Waals surface area contributed by atoms with E-state index in [2.05, 4.69) is 85.1 Å². The fourth-order valence-electron chi connectivity index (χ4n) is 15.4. The molecule has 0 radical (unpaired) electrons. The number of nitrogens with two attached hydrogens (primary N) is 2. The summed E-state index contributed by atoms with van der Waals surface area (Å²) < 4.78 is 0. The molecular weight excluding hydrogens is 1850 g/mol. The summed E-state index contributed by atoms with van der Waals surface area (Å²) >= 11 is 1.30. The maximum atomic E-state index is 14.6. The summed E-state index contributed by atoms with van der Waals surface area (Å²) in [5.41, 5.74) is 12.0. The third kappa shape index (κ3) is 39.9. The van der Waals surface area contributed by atoms with Gasteiger partial charge in [0.2, 0.25) is 112 Å². The number of rotatable bonds is 61. The fraction of sp³-hybridized carbons (Fsp3) is 0.670. The number of carboxylic acids is 4. The van der Waals surface area contributed by atoms with E-state index in [0.717, 1.165) is 9.80 Å². The molecule has 0 aromatic heterocycles. The number of benzene rings is 1. The lowest BCUT2D eigenvalue weighted by Crippen LogP contribution is -2.60. The minimum Gasteiger partial charge on any atom is -0.481 e. The van der Waals surface area contributed by atoms with Gasteiger partial charge in [-0.2, -0.15) is 11.8 Å². The first-order chi connectivity index (χ1) is 65.6. The van der Waals surface area contributed by atoms with Crippen molar-refractivity contribution in [3.05, 3.63) is 35.9 Å². The Hall–Kier alpha value is -12.8. The summed E-state index contributed by atoms with van der Waals surface area (Å²) in [6.45, 7) is 9.32. The van der Waals surface area contributed by atoms with Gasteiger partial charge in [-0.25, -0.2) is 4.79 Å². The highest BCUT2D eigenvalue weighted by Gasteiger charge is 2.46. The molecule has 1 aromatic rings. The van der Waals surface area contributed by atoms with Crippen molar-refractivity contribution in [3.8, 4) is 0 Å². The van der Waals surface area contributed by atoms with Gasteiger partial charge < -0.3 is 142 Å². The molecule has 0 unspecified atom stereocenters. The van der Waals surface area contributed by atoms with Crippen molar-refractivity contribution in [2.24, 2.45) is 35.1 Å². The van der Waals surface area contributed by atoms with Crippen LogP contribution in [0.2, 0.25) is 0 Å². The van der Waals surface area contributed by atoms with Gasteiger partial charge in [-0.05, 0) is 138 Å². The number of carbonyl (C=O) groups excluding carboxylic acids is 19. The van der Waals surface area contributed by atoms with Gasteiger partial charge in [0, 0.05) is 38.9 Å². The number of unbranched alkanes of at least 4 members (excludes halogenated alkanes) is 1. The molecular formula is C88H139N21O29S. The van der Waals surface area contributed by atoms with Crippen molar-refractivity contribution < 1.29 is 141 Å². The number of aliphatic hydroxyl groups is 2. The molecule has 3 aliphatic rings. The zero-order valence-electron chi connectivity index (χ0n) is 79.9. The third-order valence-corrected chi connectivity index (χ3v) is 23.9. The molecule has 3 aliphatic heterocycles. The van der Waals surface area contributed by atoms with Crippen LogP contribution in [-0.4, -0.2) is 356 Å². The molecule has 776 valence electrons. The Morgan fingerprint density at radius 1 is 0.417 bits per heavy atom. The number of carboxylic acid groups (broad SMARTS) is 4. The Morgan fingerprint density at radius 3 is 1.35 bits per heavy atom. The molecule has 4 rings (SSSR count). The highest BCUT2D eigenvalue weighted by molar-refractivity contribution is 7.98. The topological polar surface area (TPSA) is 768 Å². The molecule has 139 heavy (non-hydrogen) atoms. The molecule has 1 aromatic carbocycles. The van der Waals surface area contributed by atoms with Crippen molar-refractivity contribution in [1.82, 2.24) is 99.8 Å². The third-order valence-electron chi connectivity index (χ3n) is 23.2. The van der Waals surface area contributed by atoms with Gasteiger partial charge in [0.15, 0.2) is 0 Å². The number of nitrogens with zero attached hydrogens (tertiary/aromatic N) is 3. The minimum atomic E-state index is -1.79. The van der Waals surface area contributed by atoms with Crippen LogP contribution in [0.4, 0.5) is 0 Å². The van der Waals surface area contributed by atoms with E-state index >= 15 is 0 Å². The fourth-order valence-corrected chi connectivity index (χ4v) is 15.8. The molecule has 0 aliphatic carbocycles. The number of carbonyl (C=O) groups is 23. The number of thioether (sulfide) groups is 1. The van der Waals surface area contributed by atoms with Crippen LogP contribution >= 0.6 is 11.8 Å². The van der Waals surface area contributed by atoms with E-state index in [0.29, 0.717) is 31.2 Å². The van der Waals surface area contributed by atoms with Gasteiger partial charge in [0.05, 0.1) is 51.9 Å². The molecule has 0 bridgehead atoms. The number of hydrogen-bond donors (Lipinski definition) is 24. The molecule has 3 saturated heterocycles. The van der Waals surface area contributed by atoms with Gasteiger partial charge in [0.1, 0.15) is 90.6 Å². The van der Waals surface area contributed by atoms with E-state index in [9.17, 15) is 136 Å². The lowest BCUT2D eigenvalue weighted by molar-refractivity contribution is -0.148. The van der Waals surface area contributed by atoms with Gasteiger partial charge in [0.25, 0.3) is 0 Å². The molecule has 0 saturated carbocycles. The van der Waals surface area contributed by atoms with Crippen LogP contribution in [0.5, 0.6) is 0 Å². The SMILES string of the molecule is CC[C@H](C)[C@H](NC(=O)[C@H](Cc1ccccc1)NC(=O)CNC(=O)[C@@H]1CCCN1C(=O)[C@@H]1CCCN1C(=O)[C@H](CO)NC(=O)[C@H](CCSC)NC(=O)CNC(=O)[C@H](CCCCN)NC(=O)[C@H](C)NC(=O)[C@@H]1CCCN1C(=O)[C@@H](N)CC(=O)O)C(=O)N[C@H](C(=O)NCC(=O)N[C@@H](CCC(=O)O)C(=O)N[C@@H](CCC(=O)O)C(=O)NCC(=O)N[C@H](C(=O)N[C@@H](CC(C)C)C(=O)N[C@@H](CO)C(=O)O)C(C)C)C(C)C. The van der Waals surface area contributed by atoms with Crippen molar-refractivity contribution in [3.63, 3.8) is 0 Å². The lowest BCUT2D eigenvalue weighted by Gasteiger charge is -2.33. The monoisotopic (exact) mass is 1990 g/mol. The normalized spacial score (nSPS) is 17.5. The summed E-state index contributed by atoms with van der Waals surface area (Å²) in [6.07, 6.45) is 0.513. The number of nitrogens with one attached hydrogen (secondary N) is 16. The first kappa shape index (κ1) is 119. The van der Waals surface area contributed by atoms with Gasteiger partial charge in [-0.15, -0.1) is 0 Å². The van der Waals surface area contributed by atoms with Crippen LogP contribution in [0.15, 0.2) is 30.3 Å².